The third-order valence-corrected chi connectivity index (χ3v) is 2.38. The molecule has 0 fully saturated rings. The summed E-state index contributed by atoms with van der Waals surface area (Å²) >= 11 is 5.86. The second-order valence-corrected chi connectivity index (χ2v) is 3.61. The van der Waals surface area contributed by atoms with Crippen LogP contribution in [-0.4, -0.2) is 13.7 Å². The van der Waals surface area contributed by atoms with E-state index < -0.39 is 0 Å². The van der Waals surface area contributed by atoms with Crippen molar-refractivity contribution in [2.45, 2.75) is 13.0 Å². The van der Waals surface area contributed by atoms with Crippen LogP contribution >= 0.6 is 11.6 Å². The minimum Gasteiger partial charge on any atom is -0.383 e. The van der Waals surface area contributed by atoms with E-state index in [1.54, 1.807) is 7.11 Å². The number of nitrogens with two attached hydrogens (primary N) is 1. The summed E-state index contributed by atoms with van der Waals surface area (Å²) in [4.78, 5) is 0. The highest BCUT2D eigenvalue weighted by Gasteiger charge is 2.11. The van der Waals surface area contributed by atoms with Crippen LogP contribution in [0.3, 0.4) is 0 Å². The predicted octanol–water partition coefficient (Wildman–Crippen LogP) is 1.80. The number of hydrogen-bond donors (Lipinski definition) is 2. The van der Waals surface area contributed by atoms with Crippen molar-refractivity contribution in [2.75, 3.05) is 13.7 Å². The Kier molecular flexibility index (Phi) is 4.35. The molecule has 4 heteroatoms. The number of aryl methyl sites for hydroxylation is 1. The van der Waals surface area contributed by atoms with Crippen LogP contribution in [0.4, 0.5) is 0 Å². The third-order valence-electron chi connectivity index (χ3n) is 2.14. The molecule has 1 unspecified atom stereocenters. The lowest BCUT2D eigenvalue weighted by molar-refractivity contribution is 0.167. The van der Waals surface area contributed by atoms with E-state index in [4.69, 9.17) is 22.2 Å². The fourth-order valence-electron chi connectivity index (χ4n) is 1.42. The zero-order chi connectivity index (χ0) is 10.6. The largest absolute Gasteiger partial charge is 0.383 e. The van der Waals surface area contributed by atoms with Gasteiger partial charge in [0.15, 0.2) is 0 Å². The second-order valence-electron chi connectivity index (χ2n) is 3.18. The number of hydrogen-bond acceptors (Lipinski definition) is 3. The topological polar surface area (TPSA) is 47.3 Å². The molecule has 0 aliphatic heterocycles. The maximum absolute atomic E-state index is 5.86. The van der Waals surface area contributed by atoms with Crippen LogP contribution in [0.15, 0.2) is 18.2 Å². The van der Waals surface area contributed by atoms with Gasteiger partial charge < -0.3 is 4.74 Å². The zero-order valence-corrected chi connectivity index (χ0v) is 9.14. The quantitative estimate of drug-likeness (QED) is 0.594. The van der Waals surface area contributed by atoms with Gasteiger partial charge in [0.05, 0.1) is 12.6 Å². The Morgan fingerprint density at radius 1 is 1.57 bits per heavy atom. The van der Waals surface area contributed by atoms with Gasteiger partial charge in [-0.15, -0.1) is 0 Å². The van der Waals surface area contributed by atoms with Gasteiger partial charge in [-0.25, -0.2) is 0 Å². The van der Waals surface area contributed by atoms with Crippen molar-refractivity contribution in [3.05, 3.63) is 34.3 Å². The average Bonchev–Trinajstić information content (AvgIpc) is 2.15. The second kappa shape index (κ2) is 5.32. The molecule has 0 aliphatic carbocycles. The molecule has 78 valence electrons. The highest BCUT2D eigenvalue weighted by Crippen LogP contribution is 2.21. The van der Waals surface area contributed by atoms with E-state index in [-0.39, 0.29) is 6.04 Å². The summed E-state index contributed by atoms with van der Waals surface area (Å²) in [6, 6.07) is 5.74. The van der Waals surface area contributed by atoms with Crippen molar-refractivity contribution in [3.8, 4) is 0 Å². The van der Waals surface area contributed by atoms with Crippen molar-refractivity contribution in [1.29, 1.82) is 0 Å². The van der Waals surface area contributed by atoms with Crippen LogP contribution in [0.1, 0.15) is 17.2 Å². The van der Waals surface area contributed by atoms with Crippen molar-refractivity contribution in [1.82, 2.24) is 5.43 Å². The summed E-state index contributed by atoms with van der Waals surface area (Å²) in [6.07, 6.45) is 0. The van der Waals surface area contributed by atoms with Gasteiger partial charge >= 0.3 is 0 Å². The van der Waals surface area contributed by atoms with Crippen LogP contribution in [0.25, 0.3) is 0 Å². The van der Waals surface area contributed by atoms with Crippen molar-refractivity contribution >= 4 is 11.6 Å². The third kappa shape index (κ3) is 2.69. The normalized spacial score (nSPS) is 12.9. The highest BCUT2D eigenvalue weighted by atomic mass is 35.5. The van der Waals surface area contributed by atoms with E-state index in [0.29, 0.717) is 6.61 Å². The molecule has 3 N–H and O–H groups in total. The Balaban J connectivity index is 2.92. The molecule has 3 nitrogen and oxygen atoms in total. The first-order chi connectivity index (χ1) is 6.69. The van der Waals surface area contributed by atoms with Crippen molar-refractivity contribution in [3.63, 3.8) is 0 Å². The van der Waals surface area contributed by atoms with E-state index in [1.807, 2.05) is 25.1 Å². The molecule has 0 saturated heterocycles. The molecule has 0 aromatic heterocycles. The van der Waals surface area contributed by atoms with Crippen LogP contribution in [0.2, 0.25) is 5.02 Å². The summed E-state index contributed by atoms with van der Waals surface area (Å²) in [5.41, 5.74) is 4.93. The Labute approximate surface area is 89.2 Å². The monoisotopic (exact) mass is 214 g/mol. The molecule has 1 atom stereocenters. The van der Waals surface area contributed by atoms with Gasteiger partial charge in [0.2, 0.25) is 0 Å². The van der Waals surface area contributed by atoms with Gasteiger partial charge in [-0.2, -0.15) is 0 Å². The molecule has 0 heterocycles. The van der Waals surface area contributed by atoms with Crippen LogP contribution in [0, 0.1) is 6.92 Å². The van der Waals surface area contributed by atoms with Gasteiger partial charge in [0, 0.05) is 12.1 Å². The summed E-state index contributed by atoms with van der Waals surface area (Å²) in [7, 11) is 1.65. The molecule has 0 aliphatic rings. The first-order valence-corrected chi connectivity index (χ1v) is 4.78. The smallest absolute Gasteiger partial charge is 0.0696 e. The van der Waals surface area contributed by atoms with Gasteiger partial charge in [0.1, 0.15) is 0 Å². The molecule has 0 amide bonds. The molecule has 0 spiro atoms. The molecular weight excluding hydrogens is 200 g/mol. The van der Waals surface area contributed by atoms with E-state index in [2.05, 4.69) is 5.43 Å². The van der Waals surface area contributed by atoms with Crippen LogP contribution in [0.5, 0.6) is 0 Å². The van der Waals surface area contributed by atoms with Crippen molar-refractivity contribution in [2.24, 2.45) is 5.84 Å². The number of hydrazine groups is 1. The van der Waals surface area contributed by atoms with Crippen LogP contribution < -0.4 is 11.3 Å². The fourth-order valence-corrected chi connectivity index (χ4v) is 1.65. The summed E-state index contributed by atoms with van der Waals surface area (Å²) in [5, 5.41) is 0.736. The first-order valence-electron chi connectivity index (χ1n) is 4.40. The number of nitrogens with one attached hydrogen (secondary N) is 1. The predicted molar refractivity (Wildman–Crippen MR) is 58.1 cm³/mol. The fraction of sp³-hybridized carbons (Fsp3) is 0.400. The van der Waals surface area contributed by atoms with Gasteiger partial charge in [-0.1, -0.05) is 17.7 Å². The van der Waals surface area contributed by atoms with Crippen molar-refractivity contribution < 1.29 is 4.74 Å². The molecule has 1 aromatic rings. The molecule has 1 rings (SSSR count). The van der Waals surface area contributed by atoms with E-state index in [0.717, 1.165) is 16.1 Å². The minimum atomic E-state index is 0.0114. The molecule has 0 saturated carbocycles. The Bertz CT molecular complexity index is 304. The Hall–Kier alpha value is -0.610. The lowest BCUT2D eigenvalue weighted by Crippen LogP contribution is -2.31. The Morgan fingerprint density at radius 3 is 2.79 bits per heavy atom. The maximum Gasteiger partial charge on any atom is 0.0696 e. The van der Waals surface area contributed by atoms with E-state index in [1.165, 1.54) is 0 Å². The van der Waals surface area contributed by atoms with Gasteiger partial charge in [0.25, 0.3) is 0 Å². The first kappa shape index (κ1) is 11.5. The number of ether oxygens (including phenoxy) is 1. The molecule has 14 heavy (non-hydrogen) atoms. The number of halogens is 1. The molecule has 0 bridgehead atoms. The van der Waals surface area contributed by atoms with Crippen LogP contribution in [-0.2, 0) is 4.74 Å². The Morgan fingerprint density at radius 2 is 2.29 bits per heavy atom. The highest BCUT2D eigenvalue weighted by molar-refractivity contribution is 6.30. The van der Waals surface area contributed by atoms with E-state index >= 15 is 0 Å². The summed E-state index contributed by atoms with van der Waals surface area (Å²) in [6.45, 7) is 2.54. The maximum atomic E-state index is 5.86. The molecule has 0 radical (unpaired) electrons. The number of benzene rings is 1. The lowest BCUT2D eigenvalue weighted by Gasteiger charge is -2.17. The summed E-state index contributed by atoms with van der Waals surface area (Å²) in [5.74, 6) is 5.43. The zero-order valence-electron chi connectivity index (χ0n) is 8.38. The number of rotatable bonds is 4. The minimum absolute atomic E-state index is 0.0114. The lowest BCUT2D eigenvalue weighted by atomic mass is 10.0. The van der Waals surface area contributed by atoms with Gasteiger partial charge in [-0.05, 0) is 30.2 Å². The van der Waals surface area contributed by atoms with E-state index in [9.17, 15) is 0 Å². The molecule has 1 aromatic carbocycles. The molecular formula is C10H15ClN2O. The van der Waals surface area contributed by atoms with Gasteiger partial charge in [-0.3, -0.25) is 11.3 Å². The summed E-state index contributed by atoms with van der Waals surface area (Å²) < 4.78 is 5.06. The standard InChI is InChI=1S/C10H15ClN2O/c1-7-5-8(11)3-4-9(7)10(13-12)6-14-2/h3-5,10,13H,6,12H2,1-2H3. The number of methoxy groups -OCH3 is 1. The SMILES string of the molecule is COCC(NN)c1ccc(Cl)cc1C. The average molecular weight is 215 g/mol.